The van der Waals surface area contributed by atoms with Crippen LogP contribution in [-0.4, -0.2) is 14.5 Å². The average molecular weight is 198 g/mol. The van der Waals surface area contributed by atoms with Crippen LogP contribution in [0.1, 0.15) is 6.92 Å². The second-order valence-electron chi connectivity index (χ2n) is 3.36. The van der Waals surface area contributed by atoms with Gasteiger partial charge in [0.2, 0.25) is 0 Å². The monoisotopic (exact) mass is 198 g/mol. The van der Waals surface area contributed by atoms with E-state index in [1.807, 2.05) is 0 Å². The molecule has 0 aliphatic carbocycles. The Bertz CT molecular complexity index is 174. The summed E-state index contributed by atoms with van der Waals surface area (Å²) in [5.41, 5.74) is 0. The molecule has 0 saturated heterocycles. The summed E-state index contributed by atoms with van der Waals surface area (Å²) in [6.45, 7) is 8.02. The van der Waals surface area contributed by atoms with Crippen molar-refractivity contribution in [1.82, 2.24) is 0 Å². The standard InChI is InChI=1S/C7H13F3OSi/c1-6(2)11-12(3,4)5-7(8,9)10/h1,5H2,2-4H3. The molecule has 0 aromatic heterocycles. The van der Waals surface area contributed by atoms with Crippen LogP contribution in [0, 0.1) is 0 Å². The van der Waals surface area contributed by atoms with E-state index < -0.39 is 20.5 Å². The van der Waals surface area contributed by atoms with Crippen LogP contribution in [0.2, 0.25) is 19.1 Å². The largest absolute Gasteiger partial charge is 0.547 e. The zero-order valence-corrected chi connectivity index (χ0v) is 8.46. The molecular formula is C7H13F3OSi. The predicted molar refractivity (Wildman–Crippen MR) is 44.2 cm³/mol. The first-order valence-corrected chi connectivity index (χ1v) is 6.65. The lowest BCUT2D eigenvalue weighted by Crippen LogP contribution is -2.35. The molecule has 0 radical (unpaired) electrons. The van der Waals surface area contributed by atoms with Gasteiger partial charge in [-0.3, -0.25) is 0 Å². The second kappa shape index (κ2) is 3.51. The van der Waals surface area contributed by atoms with Gasteiger partial charge >= 0.3 is 6.18 Å². The molecular weight excluding hydrogens is 185 g/mol. The highest BCUT2D eigenvalue weighted by Gasteiger charge is 2.40. The van der Waals surface area contributed by atoms with E-state index in [0.717, 1.165) is 0 Å². The van der Waals surface area contributed by atoms with Crippen molar-refractivity contribution in [2.45, 2.75) is 32.2 Å². The Balaban J connectivity index is 4.13. The summed E-state index contributed by atoms with van der Waals surface area (Å²) in [7, 11) is -2.63. The van der Waals surface area contributed by atoms with E-state index >= 15 is 0 Å². The van der Waals surface area contributed by atoms with Gasteiger partial charge in [-0.1, -0.05) is 6.58 Å². The molecule has 0 heterocycles. The van der Waals surface area contributed by atoms with Crippen LogP contribution >= 0.6 is 0 Å². The number of rotatable bonds is 3. The fourth-order valence-electron chi connectivity index (χ4n) is 0.990. The molecule has 0 atom stereocenters. The van der Waals surface area contributed by atoms with Crippen molar-refractivity contribution in [3.8, 4) is 0 Å². The highest BCUT2D eigenvalue weighted by atomic mass is 28.4. The van der Waals surface area contributed by atoms with Crippen LogP contribution in [0.25, 0.3) is 0 Å². The Morgan fingerprint density at radius 1 is 1.42 bits per heavy atom. The molecule has 0 unspecified atom stereocenters. The van der Waals surface area contributed by atoms with Crippen LogP contribution in [0.4, 0.5) is 13.2 Å². The summed E-state index contributed by atoms with van der Waals surface area (Å²) in [4.78, 5) is 0. The average Bonchev–Trinajstić information content (AvgIpc) is 1.48. The quantitative estimate of drug-likeness (QED) is 0.499. The van der Waals surface area contributed by atoms with Crippen LogP contribution in [0.3, 0.4) is 0 Å². The van der Waals surface area contributed by atoms with E-state index in [9.17, 15) is 13.2 Å². The molecule has 0 N–H and O–H groups in total. The lowest BCUT2D eigenvalue weighted by Gasteiger charge is -2.24. The molecule has 0 aromatic carbocycles. The highest BCUT2D eigenvalue weighted by Crippen LogP contribution is 2.29. The zero-order chi connectivity index (χ0) is 9.99. The molecule has 0 fully saturated rings. The smallest absolute Gasteiger partial charge is 0.390 e. The lowest BCUT2D eigenvalue weighted by molar-refractivity contribution is -0.112. The summed E-state index contributed by atoms with van der Waals surface area (Å²) in [6, 6.07) is -0.827. The third-order valence-electron chi connectivity index (χ3n) is 1.08. The van der Waals surface area contributed by atoms with Crippen LogP contribution in [0.5, 0.6) is 0 Å². The fourth-order valence-corrected chi connectivity index (χ4v) is 2.97. The SMILES string of the molecule is C=C(C)O[Si](C)(C)CC(F)(F)F. The molecule has 0 aliphatic rings. The molecule has 72 valence electrons. The Labute approximate surface area is 71.4 Å². The predicted octanol–water partition coefficient (Wildman–Crippen LogP) is 3.30. The normalized spacial score (nSPS) is 12.8. The first kappa shape index (κ1) is 11.5. The maximum atomic E-state index is 11.9. The van der Waals surface area contributed by atoms with E-state index in [1.165, 1.54) is 13.1 Å². The van der Waals surface area contributed by atoms with Gasteiger partial charge in [0.1, 0.15) is 0 Å². The minimum Gasteiger partial charge on any atom is -0.547 e. The van der Waals surface area contributed by atoms with Crippen LogP contribution < -0.4 is 0 Å². The Kier molecular flexibility index (Phi) is 3.38. The number of hydrogen-bond acceptors (Lipinski definition) is 1. The van der Waals surface area contributed by atoms with E-state index in [2.05, 4.69) is 6.58 Å². The summed E-state index contributed by atoms with van der Waals surface area (Å²) in [6.07, 6.45) is -4.13. The second-order valence-corrected chi connectivity index (χ2v) is 7.43. The van der Waals surface area contributed by atoms with Gasteiger partial charge in [0.05, 0.1) is 11.8 Å². The highest BCUT2D eigenvalue weighted by molar-refractivity contribution is 6.71. The fraction of sp³-hybridized carbons (Fsp3) is 0.714. The third kappa shape index (κ3) is 6.27. The van der Waals surface area contributed by atoms with Gasteiger partial charge in [-0.05, 0) is 20.0 Å². The van der Waals surface area contributed by atoms with Crippen LogP contribution in [0.15, 0.2) is 12.3 Å². The first-order valence-electron chi connectivity index (χ1n) is 3.54. The Hall–Kier alpha value is -0.453. The van der Waals surface area contributed by atoms with Crippen molar-refractivity contribution in [2.24, 2.45) is 0 Å². The molecule has 0 amide bonds. The molecule has 0 saturated carbocycles. The molecule has 1 nitrogen and oxygen atoms in total. The molecule has 12 heavy (non-hydrogen) atoms. The Morgan fingerprint density at radius 2 is 1.83 bits per heavy atom. The number of allylic oxidation sites excluding steroid dienone is 1. The molecule has 0 spiro atoms. The van der Waals surface area contributed by atoms with Crippen molar-refractivity contribution in [1.29, 1.82) is 0 Å². The number of alkyl halides is 3. The minimum atomic E-state index is -4.13. The number of halogens is 3. The van der Waals surface area contributed by atoms with Crippen molar-refractivity contribution in [3.63, 3.8) is 0 Å². The van der Waals surface area contributed by atoms with Gasteiger partial charge in [-0.25, -0.2) is 0 Å². The van der Waals surface area contributed by atoms with Crippen molar-refractivity contribution in [3.05, 3.63) is 12.3 Å². The topological polar surface area (TPSA) is 9.23 Å². The van der Waals surface area contributed by atoms with Crippen molar-refractivity contribution < 1.29 is 17.6 Å². The molecule has 0 aliphatic heterocycles. The Morgan fingerprint density at radius 3 is 2.08 bits per heavy atom. The van der Waals surface area contributed by atoms with E-state index in [1.54, 1.807) is 6.92 Å². The van der Waals surface area contributed by atoms with Gasteiger partial charge in [0.25, 0.3) is 8.32 Å². The molecule has 0 bridgehead atoms. The van der Waals surface area contributed by atoms with Gasteiger partial charge in [0.15, 0.2) is 0 Å². The summed E-state index contributed by atoms with van der Waals surface area (Å²) in [5, 5.41) is 0. The van der Waals surface area contributed by atoms with E-state index in [4.69, 9.17) is 4.43 Å². The minimum absolute atomic E-state index is 0.357. The third-order valence-corrected chi connectivity index (χ3v) is 3.23. The van der Waals surface area contributed by atoms with Crippen LogP contribution in [-0.2, 0) is 4.43 Å². The van der Waals surface area contributed by atoms with Crippen molar-refractivity contribution in [2.75, 3.05) is 0 Å². The first-order chi connectivity index (χ1) is 5.12. The maximum Gasteiger partial charge on any atom is 0.390 e. The zero-order valence-electron chi connectivity index (χ0n) is 7.46. The van der Waals surface area contributed by atoms with E-state index in [0.29, 0.717) is 5.76 Å². The van der Waals surface area contributed by atoms with Gasteiger partial charge in [-0.2, -0.15) is 13.2 Å². The summed E-state index contributed by atoms with van der Waals surface area (Å²) in [5.74, 6) is 0.357. The summed E-state index contributed by atoms with van der Waals surface area (Å²) >= 11 is 0. The van der Waals surface area contributed by atoms with Gasteiger partial charge < -0.3 is 4.43 Å². The van der Waals surface area contributed by atoms with Gasteiger partial charge in [0, 0.05) is 0 Å². The maximum absolute atomic E-state index is 11.9. The molecule has 0 rings (SSSR count). The molecule has 5 heteroatoms. The summed E-state index contributed by atoms with van der Waals surface area (Å²) < 4.78 is 40.8. The van der Waals surface area contributed by atoms with E-state index in [-0.39, 0.29) is 0 Å². The van der Waals surface area contributed by atoms with Crippen molar-refractivity contribution >= 4 is 8.32 Å². The van der Waals surface area contributed by atoms with Gasteiger partial charge in [-0.15, -0.1) is 0 Å². The number of hydrogen-bond donors (Lipinski definition) is 0. The lowest BCUT2D eigenvalue weighted by atomic mass is 10.7. The molecule has 0 aromatic rings.